The van der Waals surface area contributed by atoms with Crippen LogP contribution in [0.5, 0.6) is 0 Å². The highest BCUT2D eigenvalue weighted by atomic mass is 35.5. The van der Waals surface area contributed by atoms with Crippen molar-refractivity contribution in [1.82, 2.24) is 10.4 Å². The number of halogens is 2. The minimum absolute atomic E-state index is 0.294. The Morgan fingerprint density at radius 1 is 0.871 bits per heavy atom. The molecule has 4 nitrogen and oxygen atoms in total. The second kappa shape index (κ2) is 9.13. The first-order valence-corrected chi connectivity index (χ1v) is 10.6. The molecule has 0 heterocycles. The van der Waals surface area contributed by atoms with Crippen LogP contribution in [0, 0.1) is 6.92 Å². The Balaban J connectivity index is 1.95. The van der Waals surface area contributed by atoms with Crippen molar-refractivity contribution in [2.45, 2.75) is 33.2 Å². The fourth-order valence-corrected chi connectivity index (χ4v) is 3.83. The highest BCUT2D eigenvalue weighted by Gasteiger charge is 2.30. The Bertz CT molecular complexity index is 1100. The average Bonchev–Trinajstić information content (AvgIpc) is 2.70. The van der Waals surface area contributed by atoms with E-state index in [0.29, 0.717) is 21.2 Å². The Labute approximate surface area is 192 Å². The van der Waals surface area contributed by atoms with Gasteiger partial charge in [-0.2, -0.15) is 0 Å². The molecule has 3 aromatic rings. The summed E-state index contributed by atoms with van der Waals surface area (Å²) in [7, 11) is 0. The lowest BCUT2D eigenvalue weighted by Gasteiger charge is -2.35. The molecule has 0 bridgehead atoms. The van der Waals surface area contributed by atoms with Gasteiger partial charge in [-0.25, -0.2) is 5.01 Å². The van der Waals surface area contributed by atoms with Crippen LogP contribution < -0.4 is 5.43 Å². The standard InChI is InChI=1S/C25H24Cl2N2O2/c1-16-21(17-9-6-5-7-10-17)11-8-12-22(16)23(30)28-29(25(2,3)4)24(31)18-13-19(26)15-20(27)14-18/h5-15H,1-4H3,(H,28,30). The largest absolute Gasteiger partial charge is 0.272 e. The molecular formula is C25H24Cl2N2O2. The zero-order valence-electron chi connectivity index (χ0n) is 17.9. The van der Waals surface area contributed by atoms with Crippen LogP contribution in [0.25, 0.3) is 11.1 Å². The highest BCUT2D eigenvalue weighted by Crippen LogP contribution is 2.26. The van der Waals surface area contributed by atoms with E-state index in [-0.39, 0.29) is 5.91 Å². The number of benzene rings is 3. The van der Waals surface area contributed by atoms with Crippen LogP contribution in [-0.4, -0.2) is 22.4 Å². The summed E-state index contributed by atoms with van der Waals surface area (Å²) in [6.07, 6.45) is 0. The summed E-state index contributed by atoms with van der Waals surface area (Å²) in [5, 5.41) is 2.01. The topological polar surface area (TPSA) is 49.4 Å². The summed E-state index contributed by atoms with van der Waals surface area (Å²) in [5.41, 5.74) is 5.70. The van der Waals surface area contributed by atoms with E-state index in [0.717, 1.165) is 16.7 Å². The zero-order chi connectivity index (χ0) is 22.8. The summed E-state index contributed by atoms with van der Waals surface area (Å²) in [5.74, 6) is -0.770. The molecule has 1 N–H and O–H groups in total. The Kier molecular flexibility index (Phi) is 6.73. The first-order valence-electron chi connectivity index (χ1n) is 9.84. The SMILES string of the molecule is Cc1c(C(=O)NN(C(=O)c2cc(Cl)cc(Cl)c2)C(C)(C)C)cccc1-c1ccccc1. The third-order valence-electron chi connectivity index (χ3n) is 4.86. The molecule has 0 radical (unpaired) electrons. The number of carbonyl (C=O) groups excluding carboxylic acids is 2. The number of rotatable bonds is 3. The zero-order valence-corrected chi connectivity index (χ0v) is 19.4. The number of nitrogens with zero attached hydrogens (tertiary/aromatic N) is 1. The molecule has 6 heteroatoms. The molecule has 0 fully saturated rings. The minimum Gasteiger partial charge on any atom is -0.267 e. The van der Waals surface area contributed by atoms with Crippen molar-refractivity contribution >= 4 is 35.0 Å². The van der Waals surface area contributed by atoms with Crippen molar-refractivity contribution in [2.75, 3.05) is 0 Å². The molecule has 3 rings (SSSR count). The van der Waals surface area contributed by atoms with Gasteiger partial charge in [-0.05, 0) is 68.7 Å². The number of nitrogens with one attached hydrogen (secondary N) is 1. The molecule has 2 amide bonds. The molecule has 3 aromatic carbocycles. The Morgan fingerprint density at radius 2 is 1.48 bits per heavy atom. The van der Waals surface area contributed by atoms with Gasteiger partial charge in [0.05, 0.1) is 5.54 Å². The second-order valence-corrected chi connectivity index (χ2v) is 9.13. The van der Waals surface area contributed by atoms with Crippen molar-refractivity contribution in [3.63, 3.8) is 0 Å². The predicted molar refractivity (Wildman–Crippen MR) is 126 cm³/mol. The average molecular weight is 455 g/mol. The van der Waals surface area contributed by atoms with E-state index in [1.54, 1.807) is 12.1 Å². The third kappa shape index (κ3) is 5.27. The summed E-state index contributed by atoms with van der Waals surface area (Å²) in [4.78, 5) is 26.4. The van der Waals surface area contributed by atoms with Crippen LogP contribution in [0.3, 0.4) is 0 Å². The van der Waals surface area contributed by atoms with Gasteiger partial charge in [-0.15, -0.1) is 0 Å². The predicted octanol–water partition coefficient (Wildman–Crippen LogP) is 6.55. The van der Waals surface area contributed by atoms with E-state index < -0.39 is 11.4 Å². The normalized spacial score (nSPS) is 11.2. The van der Waals surface area contributed by atoms with Crippen molar-refractivity contribution in [1.29, 1.82) is 0 Å². The minimum atomic E-state index is -0.688. The maximum atomic E-state index is 13.2. The lowest BCUT2D eigenvalue weighted by Crippen LogP contribution is -2.56. The van der Waals surface area contributed by atoms with E-state index in [1.807, 2.05) is 70.2 Å². The molecule has 0 aliphatic heterocycles. The summed E-state index contributed by atoms with van der Waals surface area (Å²) in [6.45, 7) is 7.41. The number of hydrogen-bond acceptors (Lipinski definition) is 2. The third-order valence-corrected chi connectivity index (χ3v) is 5.30. The molecule has 160 valence electrons. The van der Waals surface area contributed by atoms with Crippen molar-refractivity contribution in [3.8, 4) is 11.1 Å². The second-order valence-electron chi connectivity index (χ2n) is 8.25. The Morgan fingerprint density at radius 3 is 2.06 bits per heavy atom. The summed E-state index contributed by atoms with van der Waals surface area (Å²) in [6, 6.07) is 20.0. The smallest absolute Gasteiger partial charge is 0.267 e. The maximum Gasteiger partial charge on any atom is 0.272 e. The van der Waals surface area contributed by atoms with Gasteiger partial charge < -0.3 is 0 Å². The first kappa shape index (κ1) is 22.9. The molecular weight excluding hydrogens is 431 g/mol. The molecule has 0 saturated carbocycles. The van der Waals surface area contributed by atoms with Gasteiger partial charge in [0.2, 0.25) is 0 Å². The molecule has 31 heavy (non-hydrogen) atoms. The van der Waals surface area contributed by atoms with Crippen molar-refractivity contribution < 1.29 is 9.59 Å². The van der Waals surface area contributed by atoms with Gasteiger partial charge >= 0.3 is 0 Å². The van der Waals surface area contributed by atoms with E-state index in [9.17, 15) is 9.59 Å². The van der Waals surface area contributed by atoms with Gasteiger partial charge in [0.1, 0.15) is 0 Å². The van der Waals surface area contributed by atoms with Crippen LogP contribution in [0.15, 0.2) is 66.7 Å². The van der Waals surface area contributed by atoms with Gasteiger partial charge in [0.25, 0.3) is 11.8 Å². The molecule has 0 aromatic heterocycles. The molecule has 0 saturated heterocycles. The fourth-order valence-electron chi connectivity index (χ4n) is 3.30. The van der Waals surface area contributed by atoms with E-state index in [1.165, 1.54) is 17.1 Å². The van der Waals surface area contributed by atoms with Gasteiger partial charge in [0, 0.05) is 21.2 Å². The lowest BCUT2D eigenvalue weighted by molar-refractivity contribution is 0.0358. The number of hydrogen-bond donors (Lipinski definition) is 1. The number of amides is 2. The number of carbonyl (C=O) groups is 2. The molecule has 0 spiro atoms. The van der Waals surface area contributed by atoms with E-state index >= 15 is 0 Å². The monoisotopic (exact) mass is 454 g/mol. The van der Waals surface area contributed by atoms with Crippen molar-refractivity contribution in [3.05, 3.63) is 93.5 Å². The maximum absolute atomic E-state index is 13.2. The molecule has 0 aliphatic rings. The molecule has 0 unspecified atom stereocenters. The van der Waals surface area contributed by atoms with Crippen molar-refractivity contribution in [2.24, 2.45) is 0 Å². The molecule has 0 atom stereocenters. The van der Waals surface area contributed by atoms with Crippen LogP contribution in [-0.2, 0) is 0 Å². The summed E-state index contributed by atoms with van der Waals surface area (Å²) >= 11 is 12.1. The highest BCUT2D eigenvalue weighted by molar-refractivity contribution is 6.35. The Hall–Kier alpha value is -2.82. The number of hydrazine groups is 1. The van der Waals surface area contributed by atoms with E-state index in [4.69, 9.17) is 23.2 Å². The first-order chi connectivity index (χ1) is 14.6. The lowest BCUT2D eigenvalue weighted by atomic mass is 9.96. The van der Waals surface area contributed by atoms with Crippen LogP contribution in [0.4, 0.5) is 0 Å². The van der Waals surface area contributed by atoms with Crippen LogP contribution >= 0.6 is 23.2 Å². The van der Waals surface area contributed by atoms with E-state index in [2.05, 4.69) is 5.43 Å². The fraction of sp³-hybridized carbons (Fsp3) is 0.200. The summed E-state index contributed by atoms with van der Waals surface area (Å²) < 4.78 is 0. The van der Waals surface area contributed by atoms with Gasteiger partial charge in [-0.3, -0.25) is 15.0 Å². The van der Waals surface area contributed by atoms with Gasteiger partial charge in [0.15, 0.2) is 0 Å². The molecule has 0 aliphatic carbocycles. The quantitative estimate of drug-likeness (QED) is 0.455. The van der Waals surface area contributed by atoms with Crippen LogP contribution in [0.2, 0.25) is 10.0 Å². The van der Waals surface area contributed by atoms with Gasteiger partial charge in [-0.1, -0.05) is 65.7 Å². The van der Waals surface area contributed by atoms with Crippen LogP contribution in [0.1, 0.15) is 47.1 Å².